The summed E-state index contributed by atoms with van der Waals surface area (Å²) < 4.78 is 27.0. The monoisotopic (exact) mass is 282 g/mol. The molecule has 1 heterocycles. The fourth-order valence-corrected chi connectivity index (χ4v) is 4.28. The Bertz CT molecular complexity index is 532. The lowest BCUT2D eigenvalue weighted by molar-refractivity contribution is 0.364. The Morgan fingerprint density at radius 3 is 2.21 bits per heavy atom. The van der Waals surface area contributed by atoms with Crippen LogP contribution < -0.4 is 5.73 Å². The van der Waals surface area contributed by atoms with Crippen molar-refractivity contribution in [3.63, 3.8) is 0 Å². The van der Waals surface area contributed by atoms with Crippen molar-refractivity contribution in [3.8, 4) is 0 Å². The number of rotatable bonds is 2. The standard InChI is InChI=1S/C14H22N2O2S/c1-12-11-13(15)7-8-14(12)19(17,18)16-9-5-3-2-4-6-10-16/h7-8,11H,2-6,9-10,15H2,1H3. The topological polar surface area (TPSA) is 63.4 Å². The molecule has 0 bridgehead atoms. The van der Waals surface area contributed by atoms with Crippen LogP contribution in [0.5, 0.6) is 0 Å². The van der Waals surface area contributed by atoms with Crippen molar-refractivity contribution < 1.29 is 8.42 Å². The SMILES string of the molecule is Cc1cc(N)ccc1S(=O)(=O)N1CCCCCCC1. The van der Waals surface area contributed by atoms with Gasteiger partial charge >= 0.3 is 0 Å². The largest absolute Gasteiger partial charge is 0.399 e. The lowest BCUT2D eigenvalue weighted by Gasteiger charge is -2.25. The van der Waals surface area contributed by atoms with Gasteiger partial charge in [-0.25, -0.2) is 8.42 Å². The smallest absolute Gasteiger partial charge is 0.243 e. The number of aryl methyl sites for hydroxylation is 1. The van der Waals surface area contributed by atoms with Crippen molar-refractivity contribution >= 4 is 15.7 Å². The number of hydrogen-bond donors (Lipinski definition) is 1. The lowest BCUT2D eigenvalue weighted by Crippen LogP contribution is -2.34. The molecule has 1 aromatic rings. The number of benzene rings is 1. The van der Waals surface area contributed by atoms with Crippen molar-refractivity contribution in [3.05, 3.63) is 23.8 Å². The van der Waals surface area contributed by atoms with Crippen LogP contribution in [0.25, 0.3) is 0 Å². The molecule has 0 unspecified atom stereocenters. The number of sulfonamides is 1. The van der Waals surface area contributed by atoms with Gasteiger partial charge in [0.1, 0.15) is 0 Å². The molecule has 5 heteroatoms. The summed E-state index contributed by atoms with van der Waals surface area (Å²) in [6.45, 7) is 3.06. The molecule has 1 fully saturated rings. The first-order valence-corrected chi connectivity index (χ1v) is 8.32. The first-order valence-electron chi connectivity index (χ1n) is 6.88. The van der Waals surface area contributed by atoms with Crippen LogP contribution in [0, 0.1) is 6.92 Å². The number of nitrogens with two attached hydrogens (primary N) is 1. The molecule has 4 nitrogen and oxygen atoms in total. The molecule has 0 radical (unpaired) electrons. The van der Waals surface area contributed by atoms with E-state index in [1.54, 1.807) is 29.4 Å². The third-order valence-corrected chi connectivity index (χ3v) is 5.69. The number of nitrogen functional groups attached to an aromatic ring is 1. The fraction of sp³-hybridized carbons (Fsp3) is 0.571. The second-order valence-electron chi connectivity index (χ2n) is 5.20. The van der Waals surface area contributed by atoms with E-state index in [9.17, 15) is 8.42 Å². The highest BCUT2D eigenvalue weighted by Gasteiger charge is 2.25. The van der Waals surface area contributed by atoms with Crippen molar-refractivity contribution in [2.24, 2.45) is 0 Å². The number of anilines is 1. The van der Waals surface area contributed by atoms with Crippen molar-refractivity contribution in [2.45, 2.75) is 43.9 Å². The summed E-state index contributed by atoms with van der Waals surface area (Å²) >= 11 is 0. The summed E-state index contributed by atoms with van der Waals surface area (Å²) in [6.07, 6.45) is 5.36. The van der Waals surface area contributed by atoms with E-state index in [-0.39, 0.29) is 0 Å². The highest BCUT2D eigenvalue weighted by atomic mass is 32.2. The molecule has 0 spiro atoms. The molecule has 0 saturated carbocycles. The van der Waals surface area contributed by atoms with E-state index in [1.807, 2.05) is 0 Å². The molecule has 1 aliphatic heterocycles. The number of hydrogen-bond acceptors (Lipinski definition) is 3. The van der Waals surface area contributed by atoms with E-state index < -0.39 is 10.0 Å². The van der Waals surface area contributed by atoms with Gasteiger partial charge in [-0.3, -0.25) is 0 Å². The Morgan fingerprint density at radius 1 is 1.05 bits per heavy atom. The second kappa shape index (κ2) is 5.92. The molecule has 19 heavy (non-hydrogen) atoms. The van der Waals surface area contributed by atoms with Crippen LogP contribution in [0.15, 0.2) is 23.1 Å². The zero-order chi connectivity index (χ0) is 13.9. The second-order valence-corrected chi connectivity index (χ2v) is 7.10. The summed E-state index contributed by atoms with van der Waals surface area (Å²) in [5.41, 5.74) is 7.01. The molecular formula is C14H22N2O2S. The summed E-state index contributed by atoms with van der Waals surface area (Å²) in [7, 11) is -3.37. The molecule has 0 atom stereocenters. The van der Waals surface area contributed by atoms with Gasteiger partial charge in [-0.1, -0.05) is 19.3 Å². The average Bonchev–Trinajstić information content (AvgIpc) is 2.26. The maximum atomic E-state index is 12.7. The van der Waals surface area contributed by atoms with Crippen molar-refractivity contribution in [1.29, 1.82) is 0 Å². The first kappa shape index (κ1) is 14.3. The molecule has 2 rings (SSSR count). The Labute approximate surface area is 115 Å². The minimum atomic E-state index is -3.37. The van der Waals surface area contributed by atoms with E-state index in [2.05, 4.69) is 0 Å². The van der Waals surface area contributed by atoms with Gasteiger partial charge in [-0.05, 0) is 43.5 Å². The summed E-state index contributed by atoms with van der Waals surface area (Å²) in [5.74, 6) is 0. The molecule has 1 aromatic carbocycles. The molecule has 106 valence electrons. The third-order valence-electron chi connectivity index (χ3n) is 3.63. The van der Waals surface area contributed by atoms with Gasteiger partial charge in [-0.15, -0.1) is 0 Å². The predicted molar refractivity (Wildman–Crippen MR) is 77.4 cm³/mol. The minimum Gasteiger partial charge on any atom is -0.399 e. The van der Waals surface area contributed by atoms with Crippen molar-refractivity contribution in [2.75, 3.05) is 18.8 Å². The molecule has 1 saturated heterocycles. The van der Waals surface area contributed by atoms with Gasteiger partial charge in [0, 0.05) is 18.8 Å². The quantitative estimate of drug-likeness (QED) is 0.848. The van der Waals surface area contributed by atoms with Crippen LogP contribution >= 0.6 is 0 Å². The Hall–Kier alpha value is -1.07. The van der Waals surface area contributed by atoms with E-state index in [1.165, 1.54) is 6.42 Å². The summed E-state index contributed by atoms with van der Waals surface area (Å²) in [6, 6.07) is 5.00. The highest BCUT2D eigenvalue weighted by Crippen LogP contribution is 2.24. The van der Waals surface area contributed by atoms with Crippen LogP contribution in [0.2, 0.25) is 0 Å². The fourth-order valence-electron chi connectivity index (χ4n) is 2.56. The molecule has 0 aliphatic carbocycles. The summed E-state index contributed by atoms with van der Waals surface area (Å²) in [4.78, 5) is 0.391. The zero-order valence-corrected chi connectivity index (χ0v) is 12.2. The first-order chi connectivity index (χ1) is 9.01. The molecule has 1 aliphatic rings. The summed E-state index contributed by atoms with van der Waals surface area (Å²) in [5, 5.41) is 0. The van der Waals surface area contributed by atoms with Gasteiger partial charge < -0.3 is 5.73 Å². The van der Waals surface area contributed by atoms with Gasteiger partial charge in [0.25, 0.3) is 0 Å². The normalized spacial score (nSPS) is 18.8. The van der Waals surface area contributed by atoms with Crippen LogP contribution in [-0.2, 0) is 10.0 Å². The molecular weight excluding hydrogens is 260 g/mol. The Balaban J connectivity index is 2.29. The highest BCUT2D eigenvalue weighted by molar-refractivity contribution is 7.89. The predicted octanol–water partition coefficient (Wildman–Crippen LogP) is 2.53. The number of nitrogens with zero attached hydrogens (tertiary/aromatic N) is 1. The van der Waals surface area contributed by atoms with E-state index in [0.29, 0.717) is 23.7 Å². The maximum Gasteiger partial charge on any atom is 0.243 e. The van der Waals surface area contributed by atoms with Crippen LogP contribution in [0.4, 0.5) is 5.69 Å². The Morgan fingerprint density at radius 2 is 1.63 bits per heavy atom. The maximum absolute atomic E-state index is 12.7. The van der Waals surface area contributed by atoms with Gasteiger partial charge in [-0.2, -0.15) is 4.31 Å². The van der Waals surface area contributed by atoms with Gasteiger partial charge in [0.05, 0.1) is 4.90 Å². The average molecular weight is 282 g/mol. The third kappa shape index (κ3) is 3.28. The molecule has 2 N–H and O–H groups in total. The Kier molecular flexibility index (Phi) is 4.47. The van der Waals surface area contributed by atoms with Crippen LogP contribution in [0.1, 0.15) is 37.7 Å². The van der Waals surface area contributed by atoms with E-state index >= 15 is 0 Å². The zero-order valence-electron chi connectivity index (χ0n) is 11.4. The van der Waals surface area contributed by atoms with Gasteiger partial charge in [0.15, 0.2) is 0 Å². The van der Waals surface area contributed by atoms with Crippen LogP contribution in [-0.4, -0.2) is 25.8 Å². The minimum absolute atomic E-state index is 0.391. The molecule has 0 aromatic heterocycles. The molecule has 0 amide bonds. The van der Waals surface area contributed by atoms with Crippen molar-refractivity contribution in [1.82, 2.24) is 4.31 Å². The van der Waals surface area contributed by atoms with Crippen LogP contribution in [0.3, 0.4) is 0 Å². The van der Waals surface area contributed by atoms with Gasteiger partial charge in [0.2, 0.25) is 10.0 Å². The van der Waals surface area contributed by atoms with E-state index in [4.69, 9.17) is 5.73 Å². The van der Waals surface area contributed by atoms with E-state index in [0.717, 1.165) is 31.2 Å². The lowest BCUT2D eigenvalue weighted by atomic mass is 10.1.